The Morgan fingerprint density at radius 2 is 2.15 bits per heavy atom. The summed E-state index contributed by atoms with van der Waals surface area (Å²) in [5, 5.41) is 6.68. The normalized spacial score (nSPS) is 12.8. The average molecular weight is 310 g/mol. The van der Waals surface area contributed by atoms with Gasteiger partial charge in [0.25, 0.3) is 0 Å². The molecule has 1 atom stereocenters. The average Bonchev–Trinajstić information content (AvgIpc) is 3.07. The standard InChI is InChI=1S/C15H23N3S2/c1-11(2)8-16-9-13-10-17-15(20-13)18(4)12(3)14-6-5-7-19-14/h5-7,10-12,16H,8-9H2,1-4H3. The van der Waals surface area contributed by atoms with Crippen LogP contribution in [0.25, 0.3) is 0 Å². The Balaban J connectivity index is 1.94. The van der Waals surface area contributed by atoms with E-state index in [2.05, 4.69) is 60.5 Å². The van der Waals surface area contributed by atoms with Gasteiger partial charge in [0, 0.05) is 29.5 Å². The predicted octanol–water partition coefficient (Wildman–Crippen LogP) is 4.15. The fraction of sp³-hybridized carbons (Fsp3) is 0.533. The number of aromatic nitrogens is 1. The van der Waals surface area contributed by atoms with E-state index in [1.165, 1.54) is 9.75 Å². The minimum atomic E-state index is 0.373. The molecule has 0 aliphatic carbocycles. The molecule has 0 saturated carbocycles. The molecule has 2 rings (SSSR count). The second kappa shape index (κ2) is 7.20. The van der Waals surface area contributed by atoms with E-state index < -0.39 is 0 Å². The van der Waals surface area contributed by atoms with E-state index in [-0.39, 0.29) is 0 Å². The van der Waals surface area contributed by atoms with E-state index >= 15 is 0 Å². The van der Waals surface area contributed by atoms with E-state index in [1.54, 1.807) is 22.7 Å². The Morgan fingerprint density at radius 3 is 2.80 bits per heavy atom. The summed E-state index contributed by atoms with van der Waals surface area (Å²) < 4.78 is 0. The van der Waals surface area contributed by atoms with Crippen LogP contribution in [0.3, 0.4) is 0 Å². The Kier molecular flexibility index (Phi) is 5.57. The molecule has 0 amide bonds. The van der Waals surface area contributed by atoms with Crippen LogP contribution in [0.2, 0.25) is 0 Å². The summed E-state index contributed by atoms with van der Waals surface area (Å²) in [6.07, 6.45) is 1.99. The van der Waals surface area contributed by atoms with Gasteiger partial charge < -0.3 is 10.2 Å². The summed E-state index contributed by atoms with van der Waals surface area (Å²) >= 11 is 3.58. The fourth-order valence-corrected chi connectivity index (χ4v) is 3.66. The molecule has 0 radical (unpaired) electrons. The first-order valence-corrected chi connectivity index (χ1v) is 8.69. The van der Waals surface area contributed by atoms with E-state index in [0.29, 0.717) is 12.0 Å². The van der Waals surface area contributed by atoms with Crippen LogP contribution < -0.4 is 10.2 Å². The minimum Gasteiger partial charge on any atom is -0.344 e. The molecule has 2 aromatic rings. The first kappa shape index (κ1) is 15.5. The lowest BCUT2D eigenvalue weighted by molar-refractivity contribution is 0.554. The third-order valence-electron chi connectivity index (χ3n) is 3.23. The number of rotatable bonds is 7. The van der Waals surface area contributed by atoms with Gasteiger partial charge in [0.2, 0.25) is 0 Å². The quantitative estimate of drug-likeness (QED) is 0.833. The molecule has 3 nitrogen and oxygen atoms in total. The minimum absolute atomic E-state index is 0.373. The molecule has 0 aliphatic heterocycles. The number of thiophene rings is 1. The predicted molar refractivity (Wildman–Crippen MR) is 89.8 cm³/mol. The number of anilines is 1. The first-order chi connectivity index (χ1) is 9.58. The highest BCUT2D eigenvalue weighted by molar-refractivity contribution is 7.15. The van der Waals surface area contributed by atoms with Crippen molar-refractivity contribution >= 4 is 27.8 Å². The maximum atomic E-state index is 4.55. The Morgan fingerprint density at radius 1 is 1.35 bits per heavy atom. The smallest absolute Gasteiger partial charge is 0.185 e. The number of nitrogens with one attached hydrogen (secondary N) is 1. The van der Waals surface area contributed by atoms with Crippen molar-refractivity contribution < 1.29 is 0 Å². The number of hydrogen-bond acceptors (Lipinski definition) is 5. The van der Waals surface area contributed by atoms with Crippen molar-refractivity contribution in [1.82, 2.24) is 10.3 Å². The summed E-state index contributed by atoms with van der Waals surface area (Å²) in [5.41, 5.74) is 0. The lowest BCUT2D eigenvalue weighted by Crippen LogP contribution is -2.20. The van der Waals surface area contributed by atoms with E-state index in [1.807, 2.05) is 6.20 Å². The summed E-state index contributed by atoms with van der Waals surface area (Å²) in [5.74, 6) is 0.684. The second-order valence-electron chi connectivity index (χ2n) is 5.44. The zero-order chi connectivity index (χ0) is 14.5. The van der Waals surface area contributed by atoms with Crippen molar-refractivity contribution in [3.63, 3.8) is 0 Å². The van der Waals surface area contributed by atoms with Crippen LogP contribution in [0.15, 0.2) is 23.7 Å². The number of nitrogens with zero attached hydrogens (tertiary/aromatic N) is 2. The third-order valence-corrected chi connectivity index (χ3v) is 5.36. The molecule has 0 spiro atoms. The van der Waals surface area contributed by atoms with Crippen molar-refractivity contribution in [1.29, 1.82) is 0 Å². The second-order valence-corrected chi connectivity index (χ2v) is 7.51. The van der Waals surface area contributed by atoms with Crippen LogP contribution in [0, 0.1) is 5.92 Å². The summed E-state index contributed by atoms with van der Waals surface area (Å²) in [6.45, 7) is 8.64. The Hall–Kier alpha value is -0.910. The van der Waals surface area contributed by atoms with Crippen molar-refractivity contribution in [3.8, 4) is 0 Å². The summed E-state index contributed by atoms with van der Waals surface area (Å²) in [7, 11) is 2.12. The molecule has 2 heterocycles. The van der Waals surface area contributed by atoms with Crippen LogP contribution >= 0.6 is 22.7 Å². The van der Waals surface area contributed by atoms with Crippen molar-refractivity contribution in [3.05, 3.63) is 33.5 Å². The van der Waals surface area contributed by atoms with Crippen molar-refractivity contribution in [2.75, 3.05) is 18.5 Å². The first-order valence-electron chi connectivity index (χ1n) is 6.99. The zero-order valence-corrected chi connectivity index (χ0v) is 14.2. The van der Waals surface area contributed by atoms with Gasteiger partial charge in [0.05, 0.1) is 6.04 Å². The molecule has 1 unspecified atom stereocenters. The highest BCUT2D eigenvalue weighted by atomic mass is 32.1. The Labute approximate surface area is 129 Å². The Bertz CT molecular complexity index is 505. The van der Waals surface area contributed by atoms with Crippen LogP contribution in [0.5, 0.6) is 0 Å². The van der Waals surface area contributed by atoms with Crippen molar-refractivity contribution in [2.45, 2.75) is 33.4 Å². The van der Waals surface area contributed by atoms with Crippen LogP contribution in [0.1, 0.15) is 36.6 Å². The number of hydrogen-bond donors (Lipinski definition) is 1. The van der Waals surface area contributed by atoms with Gasteiger partial charge >= 0.3 is 0 Å². The maximum Gasteiger partial charge on any atom is 0.185 e. The lowest BCUT2D eigenvalue weighted by Gasteiger charge is -2.23. The summed E-state index contributed by atoms with van der Waals surface area (Å²) in [6, 6.07) is 4.66. The molecule has 0 aromatic carbocycles. The largest absolute Gasteiger partial charge is 0.344 e. The van der Waals surface area contributed by atoms with Crippen LogP contribution in [-0.2, 0) is 6.54 Å². The van der Waals surface area contributed by atoms with Gasteiger partial charge in [-0.25, -0.2) is 4.98 Å². The third kappa shape index (κ3) is 4.04. The highest BCUT2D eigenvalue weighted by Crippen LogP contribution is 2.30. The summed E-state index contributed by atoms with van der Waals surface area (Å²) in [4.78, 5) is 9.48. The van der Waals surface area contributed by atoms with E-state index in [9.17, 15) is 0 Å². The van der Waals surface area contributed by atoms with Gasteiger partial charge in [0.15, 0.2) is 5.13 Å². The molecular weight excluding hydrogens is 286 g/mol. The number of thiazole rings is 1. The van der Waals surface area contributed by atoms with Gasteiger partial charge in [-0.15, -0.1) is 22.7 Å². The van der Waals surface area contributed by atoms with Gasteiger partial charge in [-0.3, -0.25) is 0 Å². The molecule has 2 aromatic heterocycles. The molecule has 0 aliphatic rings. The van der Waals surface area contributed by atoms with E-state index in [4.69, 9.17) is 0 Å². The molecule has 0 fully saturated rings. The van der Waals surface area contributed by atoms with E-state index in [0.717, 1.165) is 18.2 Å². The molecular formula is C15H23N3S2. The SMILES string of the molecule is CC(C)CNCc1cnc(N(C)C(C)c2cccs2)s1. The molecule has 110 valence electrons. The maximum absolute atomic E-state index is 4.55. The lowest BCUT2D eigenvalue weighted by atomic mass is 10.2. The van der Waals surface area contributed by atoms with Gasteiger partial charge in [-0.05, 0) is 30.8 Å². The van der Waals surface area contributed by atoms with Crippen LogP contribution in [0.4, 0.5) is 5.13 Å². The topological polar surface area (TPSA) is 28.2 Å². The van der Waals surface area contributed by atoms with Gasteiger partial charge in [-0.2, -0.15) is 0 Å². The molecule has 5 heteroatoms. The molecule has 1 N–H and O–H groups in total. The van der Waals surface area contributed by atoms with Crippen molar-refractivity contribution in [2.24, 2.45) is 5.92 Å². The zero-order valence-electron chi connectivity index (χ0n) is 12.6. The highest BCUT2D eigenvalue weighted by Gasteiger charge is 2.16. The van der Waals surface area contributed by atoms with Gasteiger partial charge in [0.1, 0.15) is 0 Å². The van der Waals surface area contributed by atoms with Crippen LogP contribution in [-0.4, -0.2) is 18.6 Å². The molecule has 0 bridgehead atoms. The molecule has 20 heavy (non-hydrogen) atoms. The monoisotopic (exact) mass is 309 g/mol. The van der Waals surface area contributed by atoms with Gasteiger partial charge in [-0.1, -0.05) is 19.9 Å². The molecule has 0 saturated heterocycles. The fourth-order valence-electron chi connectivity index (χ4n) is 1.91.